The van der Waals surface area contributed by atoms with E-state index < -0.39 is 12.1 Å². The molecule has 7 heteroatoms. The number of hydrogen-bond acceptors (Lipinski definition) is 3. The maximum Gasteiger partial charge on any atom is 0.393 e. The zero-order valence-electron chi connectivity index (χ0n) is 11.5. The summed E-state index contributed by atoms with van der Waals surface area (Å²) in [6.45, 7) is 0.976. The second-order valence-corrected chi connectivity index (χ2v) is 5.26. The van der Waals surface area contributed by atoms with E-state index in [9.17, 15) is 13.2 Å². The van der Waals surface area contributed by atoms with E-state index in [4.69, 9.17) is 10.9 Å². The summed E-state index contributed by atoms with van der Waals surface area (Å²) < 4.78 is 38.5. The van der Waals surface area contributed by atoms with Gasteiger partial charge >= 0.3 is 6.18 Å². The molecule has 116 valence electrons. The minimum Gasteiger partial charge on any atom is -0.409 e. The van der Waals surface area contributed by atoms with Crippen LogP contribution in [0.2, 0.25) is 0 Å². The van der Waals surface area contributed by atoms with Crippen LogP contribution in [0.15, 0.2) is 29.4 Å². The van der Waals surface area contributed by atoms with Crippen LogP contribution in [-0.4, -0.2) is 35.2 Å². The van der Waals surface area contributed by atoms with Crippen LogP contribution in [0.4, 0.5) is 13.2 Å². The Hall–Kier alpha value is -1.76. The number of hydrogen-bond donors (Lipinski definition) is 2. The number of amidine groups is 1. The number of benzene rings is 1. The molecular formula is C14H18F3N3O. The zero-order chi connectivity index (χ0) is 15.5. The first kappa shape index (κ1) is 15.6. The monoisotopic (exact) mass is 301 g/mol. The number of nitrogens with two attached hydrogens (primary N) is 1. The molecule has 1 aromatic rings. The molecule has 1 aliphatic heterocycles. The SMILES string of the molecule is NC(=NO)c1ccccc1CN1CCCC(C(F)(F)F)C1. The molecule has 1 aliphatic rings. The minimum atomic E-state index is -4.15. The topological polar surface area (TPSA) is 61.9 Å². The Kier molecular flexibility index (Phi) is 4.72. The van der Waals surface area contributed by atoms with E-state index in [1.165, 1.54) is 0 Å². The van der Waals surface area contributed by atoms with Crippen molar-refractivity contribution in [2.45, 2.75) is 25.6 Å². The molecule has 0 spiro atoms. The fourth-order valence-corrected chi connectivity index (χ4v) is 2.67. The number of likely N-dealkylation sites (tertiary alicyclic amines) is 1. The third-order valence-corrected chi connectivity index (χ3v) is 3.76. The minimum absolute atomic E-state index is 0.00595. The molecule has 1 fully saturated rings. The summed E-state index contributed by atoms with van der Waals surface area (Å²) in [5, 5.41) is 11.7. The Morgan fingerprint density at radius 3 is 2.76 bits per heavy atom. The molecule has 21 heavy (non-hydrogen) atoms. The van der Waals surface area contributed by atoms with Crippen molar-refractivity contribution < 1.29 is 18.4 Å². The standard InChI is InChI=1S/C14H18F3N3O/c15-14(16,17)11-5-3-7-20(9-11)8-10-4-1-2-6-12(10)13(18)19-21/h1-2,4,6,11,21H,3,5,7-9H2,(H2,18,19). The predicted molar refractivity (Wildman–Crippen MR) is 73.0 cm³/mol. The normalized spacial score (nSPS) is 21.5. The highest BCUT2D eigenvalue weighted by molar-refractivity contribution is 5.98. The molecule has 1 heterocycles. The number of rotatable bonds is 3. The summed E-state index contributed by atoms with van der Waals surface area (Å²) >= 11 is 0. The van der Waals surface area contributed by atoms with Crippen LogP contribution in [0.3, 0.4) is 0 Å². The van der Waals surface area contributed by atoms with Gasteiger partial charge in [-0.3, -0.25) is 4.90 Å². The lowest BCUT2D eigenvalue weighted by Crippen LogP contribution is -2.41. The Labute approximate surface area is 121 Å². The second-order valence-electron chi connectivity index (χ2n) is 5.26. The van der Waals surface area contributed by atoms with Crippen molar-refractivity contribution in [3.8, 4) is 0 Å². The number of oxime groups is 1. The van der Waals surface area contributed by atoms with E-state index in [1.54, 1.807) is 29.2 Å². The third-order valence-electron chi connectivity index (χ3n) is 3.76. The van der Waals surface area contributed by atoms with Crippen molar-refractivity contribution in [2.24, 2.45) is 16.8 Å². The van der Waals surface area contributed by atoms with Gasteiger partial charge in [0.25, 0.3) is 0 Å². The van der Waals surface area contributed by atoms with E-state index in [1.807, 2.05) is 0 Å². The van der Waals surface area contributed by atoms with Crippen molar-refractivity contribution >= 4 is 5.84 Å². The van der Waals surface area contributed by atoms with Crippen molar-refractivity contribution in [1.82, 2.24) is 4.90 Å². The Morgan fingerprint density at radius 2 is 2.10 bits per heavy atom. The molecule has 1 saturated heterocycles. The lowest BCUT2D eigenvalue weighted by atomic mass is 9.96. The second kappa shape index (κ2) is 6.34. The molecule has 1 atom stereocenters. The molecule has 0 radical (unpaired) electrons. The van der Waals surface area contributed by atoms with Gasteiger partial charge in [0.05, 0.1) is 5.92 Å². The summed E-state index contributed by atoms with van der Waals surface area (Å²) in [6, 6.07) is 7.00. The number of alkyl halides is 3. The lowest BCUT2D eigenvalue weighted by Gasteiger charge is -2.34. The van der Waals surface area contributed by atoms with Crippen LogP contribution in [0.1, 0.15) is 24.0 Å². The predicted octanol–water partition coefficient (Wildman–Crippen LogP) is 2.56. The highest BCUT2D eigenvalue weighted by atomic mass is 19.4. The van der Waals surface area contributed by atoms with Crippen LogP contribution in [-0.2, 0) is 6.54 Å². The molecule has 4 nitrogen and oxygen atoms in total. The molecule has 0 aromatic heterocycles. The smallest absolute Gasteiger partial charge is 0.393 e. The van der Waals surface area contributed by atoms with E-state index in [0.29, 0.717) is 25.1 Å². The van der Waals surface area contributed by atoms with Gasteiger partial charge in [-0.2, -0.15) is 13.2 Å². The van der Waals surface area contributed by atoms with Gasteiger partial charge in [0.2, 0.25) is 0 Å². The maximum absolute atomic E-state index is 12.8. The fourth-order valence-electron chi connectivity index (χ4n) is 2.67. The molecule has 3 N–H and O–H groups in total. The first-order chi connectivity index (χ1) is 9.91. The van der Waals surface area contributed by atoms with Gasteiger partial charge in [-0.1, -0.05) is 29.4 Å². The van der Waals surface area contributed by atoms with Crippen LogP contribution in [0.25, 0.3) is 0 Å². The molecule has 1 unspecified atom stereocenters. The Morgan fingerprint density at radius 1 is 1.38 bits per heavy atom. The van der Waals surface area contributed by atoms with Crippen molar-refractivity contribution in [1.29, 1.82) is 0 Å². The van der Waals surface area contributed by atoms with Gasteiger partial charge in [0.15, 0.2) is 5.84 Å². The average molecular weight is 301 g/mol. The van der Waals surface area contributed by atoms with Gasteiger partial charge in [-0.05, 0) is 24.9 Å². The van der Waals surface area contributed by atoms with E-state index >= 15 is 0 Å². The van der Waals surface area contributed by atoms with E-state index in [-0.39, 0.29) is 18.8 Å². The molecule has 0 aliphatic carbocycles. The fraction of sp³-hybridized carbons (Fsp3) is 0.500. The summed E-state index contributed by atoms with van der Waals surface area (Å²) in [4.78, 5) is 1.77. The Bertz CT molecular complexity index is 516. The highest BCUT2D eigenvalue weighted by Gasteiger charge is 2.41. The maximum atomic E-state index is 12.8. The summed E-state index contributed by atoms with van der Waals surface area (Å²) in [5.41, 5.74) is 6.91. The van der Waals surface area contributed by atoms with E-state index in [2.05, 4.69) is 5.16 Å². The quantitative estimate of drug-likeness (QED) is 0.390. The van der Waals surface area contributed by atoms with Gasteiger partial charge in [0.1, 0.15) is 0 Å². The van der Waals surface area contributed by atoms with Gasteiger partial charge in [-0.25, -0.2) is 0 Å². The molecule has 0 bridgehead atoms. The van der Waals surface area contributed by atoms with Crippen molar-refractivity contribution in [3.63, 3.8) is 0 Å². The Balaban J connectivity index is 2.12. The van der Waals surface area contributed by atoms with Crippen molar-refractivity contribution in [2.75, 3.05) is 13.1 Å². The first-order valence-corrected chi connectivity index (χ1v) is 6.76. The first-order valence-electron chi connectivity index (χ1n) is 6.76. The number of nitrogens with zero attached hydrogens (tertiary/aromatic N) is 2. The molecule has 2 rings (SSSR count). The number of piperidine rings is 1. The zero-order valence-corrected chi connectivity index (χ0v) is 11.5. The van der Waals surface area contributed by atoms with Crippen LogP contribution >= 0.6 is 0 Å². The summed E-state index contributed by atoms with van der Waals surface area (Å²) in [6.07, 6.45) is -3.44. The highest BCUT2D eigenvalue weighted by Crippen LogP contribution is 2.33. The summed E-state index contributed by atoms with van der Waals surface area (Å²) in [7, 11) is 0. The third kappa shape index (κ3) is 3.87. The van der Waals surface area contributed by atoms with Crippen molar-refractivity contribution in [3.05, 3.63) is 35.4 Å². The molecule has 0 saturated carbocycles. The lowest BCUT2D eigenvalue weighted by molar-refractivity contribution is -0.187. The van der Waals surface area contributed by atoms with Crippen LogP contribution < -0.4 is 5.73 Å². The van der Waals surface area contributed by atoms with Gasteiger partial charge in [0, 0.05) is 18.7 Å². The largest absolute Gasteiger partial charge is 0.409 e. The van der Waals surface area contributed by atoms with Gasteiger partial charge in [-0.15, -0.1) is 0 Å². The number of halogens is 3. The van der Waals surface area contributed by atoms with Crippen LogP contribution in [0, 0.1) is 5.92 Å². The van der Waals surface area contributed by atoms with Gasteiger partial charge < -0.3 is 10.9 Å². The van der Waals surface area contributed by atoms with E-state index in [0.717, 1.165) is 5.56 Å². The van der Waals surface area contributed by atoms with Crippen LogP contribution in [0.5, 0.6) is 0 Å². The molecular weight excluding hydrogens is 283 g/mol. The summed E-state index contributed by atoms with van der Waals surface area (Å²) in [5.74, 6) is -1.31. The molecule has 0 amide bonds. The average Bonchev–Trinajstić information content (AvgIpc) is 2.46. The molecule has 1 aromatic carbocycles.